The SMILES string of the molecule is CC(C)N(CC(N)=O)C(=O)N(C)c1ccccc1C(=O)O. The molecule has 0 bridgehead atoms. The minimum atomic E-state index is -1.13. The highest BCUT2D eigenvalue weighted by atomic mass is 16.4. The highest BCUT2D eigenvalue weighted by molar-refractivity contribution is 6.01. The fourth-order valence-electron chi connectivity index (χ4n) is 1.88. The number of aromatic carboxylic acids is 1. The van der Waals surface area contributed by atoms with Crippen molar-refractivity contribution < 1.29 is 19.5 Å². The average Bonchev–Trinajstić information content (AvgIpc) is 2.42. The van der Waals surface area contributed by atoms with Crippen LogP contribution < -0.4 is 10.6 Å². The number of carbonyl (C=O) groups excluding carboxylic acids is 2. The molecule has 1 aromatic carbocycles. The molecule has 0 aliphatic heterocycles. The van der Waals surface area contributed by atoms with E-state index in [2.05, 4.69) is 0 Å². The zero-order valence-electron chi connectivity index (χ0n) is 12.2. The van der Waals surface area contributed by atoms with Crippen LogP contribution in [0.3, 0.4) is 0 Å². The van der Waals surface area contributed by atoms with Gasteiger partial charge in [0.15, 0.2) is 0 Å². The Balaban J connectivity index is 3.11. The van der Waals surface area contributed by atoms with Gasteiger partial charge in [0, 0.05) is 13.1 Å². The van der Waals surface area contributed by atoms with Crippen molar-refractivity contribution in [1.82, 2.24) is 4.90 Å². The molecule has 7 nitrogen and oxygen atoms in total. The molecule has 7 heteroatoms. The van der Waals surface area contributed by atoms with Gasteiger partial charge in [0.05, 0.1) is 11.3 Å². The van der Waals surface area contributed by atoms with E-state index in [0.717, 1.165) is 0 Å². The van der Waals surface area contributed by atoms with E-state index >= 15 is 0 Å². The maximum Gasteiger partial charge on any atom is 0.337 e. The Morgan fingerprint density at radius 3 is 2.29 bits per heavy atom. The number of primary amides is 1. The van der Waals surface area contributed by atoms with Gasteiger partial charge < -0.3 is 15.7 Å². The Kier molecular flexibility index (Phi) is 5.29. The third-order valence-electron chi connectivity index (χ3n) is 2.98. The van der Waals surface area contributed by atoms with Crippen molar-refractivity contribution in [3.8, 4) is 0 Å². The highest BCUT2D eigenvalue weighted by Crippen LogP contribution is 2.21. The van der Waals surface area contributed by atoms with Gasteiger partial charge in [0.2, 0.25) is 5.91 Å². The molecule has 0 atom stereocenters. The molecule has 0 saturated carbocycles. The van der Waals surface area contributed by atoms with Crippen LogP contribution in [0.15, 0.2) is 24.3 Å². The molecule has 0 spiro atoms. The van der Waals surface area contributed by atoms with Crippen LogP contribution in [0.4, 0.5) is 10.5 Å². The first-order valence-electron chi connectivity index (χ1n) is 6.40. The second-order valence-corrected chi connectivity index (χ2v) is 4.85. The number of rotatable bonds is 5. The minimum absolute atomic E-state index is 0.0103. The van der Waals surface area contributed by atoms with E-state index < -0.39 is 17.9 Å². The molecule has 0 fully saturated rings. The van der Waals surface area contributed by atoms with Crippen molar-refractivity contribution >= 4 is 23.6 Å². The summed E-state index contributed by atoms with van der Waals surface area (Å²) in [6, 6.07) is 5.43. The molecule has 0 aliphatic carbocycles. The van der Waals surface area contributed by atoms with E-state index in [1.54, 1.807) is 26.0 Å². The van der Waals surface area contributed by atoms with E-state index in [-0.39, 0.29) is 23.8 Å². The number of carboxylic acid groups (broad SMARTS) is 1. The summed E-state index contributed by atoms with van der Waals surface area (Å²) in [5, 5.41) is 9.16. The van der Waals surface area contributed by atoms with Gasteiger partial charge in [-0.3, -0.25) is 9.69 Å². The van der Waals surface area contributed by atoms with E-state index in [9.17, 15) is 14.4 Å². The minimum Gasteiger partial charge on any atom is -0.478 e. The summed E-state index contributed by atoms with van der Waals surface area (Å²) in [4.78, 5) is 37.2. The van der Waals surface area contributed by atoms with Crippen LogP contribution in [0.25, 0.3) is 0 Å². The van der Waals surface area contributed by atoms with Crippen molar-refractivity contribution in [2.45, 2.75) is 19.9 Å². The Hall–Kier alpha value is -2.57. The standard InChI is InChI=1S/C14H19N3O4/c1-9(2)17(8-12(15)18)14(21)16(3)11-7-5-4-6-10(11)13(19)20/h4-7,9H,8H2,1-3H3,(H2,15,18)(H,19,20). The zero-order chi connectivity index (χ0) is 16.2. The first-order chi connectivity index (χ1) is 9.75. The first kappa shape index (κ1) is 16.5. The lowest BCUT2D eigenvalue weighted by atomic mass is 10.1. The number of amides is 3. The molecule has 3 N–H and O–H groups in total. The number of urea groups is 1. The number of benzene rings is 1. The largest absolute Gasteiger partial charge is 0.478 e. The van der Waals surface area contributed by atoms with Gasteiger partial charge in [-0.05, 0) is 26.0 Å². The molecule has 114 valence electrons. The van der Waals surface area contributed by atoms with Gasteiger partial charge >= 0.3 is 12.0 Å². The fraction of sp³-hybridized carbons (Fsp3) is 0.357. The van der Waals surface area contributed by atoms with Gasteiger partial charge in [0.25, 0.3) is 0 Å². The molecular weight excluding hydrogens is 274 g/mol. The Morgan fingerprint density at radius 1 is 1.24 bits per heavy atom. The summed E-state index contributed by atoms with van der Waals surface area (Å²) in [6.45, 7) is 3.27. The van der Waals surface area contributed by atoms with Crippen LogP contribution in [0, 0.1) is 0 Å². The number of hydrogen-bond donors (Lipinski definition) is 2. The molecule has 1 aromatic rings. The topological polar surface area (TPSA) is 104 Å². The number of para-hydroxylation sites is 1. The second kappa shape index (κ2) is 6.74. The van der Waals surface area contributed by atoms with Gasteiger partial charge in [-0.25, -0.2) is 9.59 Å². The van der Waals surface area contributed by atoms with Crippen LogP contribution in [0.1, 0.15) is 24.2 Å². The lowest BCUT2D eigenvalue weighted by Gasteiger charge is -2.30. The van der Waals surface area contributed by atoms with E-state index in [1.807, 2.05) is 0 Å². The van der Waals surface area contributed by atoms with Crippen LogP contribution in [-0.2, 0) is 4.79 Å². The van der Waals surface area contributed by atoms with Crippen molar-refractivity contribution in [3.05, 3.63) is 29.8 Å². The molecule has 0 heterocycles. The number of hydrogen-bond acceptors (Lipinski definition) is 3. The molecular formula is C14H19N3O4. The van der Waals surface area contributed by atoms with Gasteiger partial charge in [-0.1, -0.05) is 12.1 Å². The summed E-state index contributed by atoms with van der Waals surface area (Å²) in [5.74, 6) is -1.76. The third-order valence-corrected chi connectivity index (χ3v) is 2.98. The number of carbonyl (C=O) groups is 3. The molecule has 21 heavy (non-hydrogen) atoms. The summed E-state index contributed by atoms with van der Waals surface area (Å²) >= 11 is 0. The lowest BCUT2D eigenvalue weighted by molar-refractivity contribution is -0.118. The smallest absolute Gasteiger partial charge is 0.337 e. The van der Waals surface area contributed by atoms with Gasteiger partial charge in [-0.2, -0.15) is 0 Å². The van der Waals surface area contributed by atoms with Crippen molar-refractivity contribution in [2.24, 2.45) is 5.73 Å². The van der Waals surface area contributed by atoms with Crippen molar-refractivity contribution in [1.29, 1.82) is 0 Å². The van der Waals surface area contributed by atoms with E-state index in [1.165, 1.54) is 29.0 Å². The van der Waals surface area contributed by atoms with Crippen LogP contribution in [0.5, 0.6) is 0 Å². The Morgan fingerprint density at radius 2 is 1.81 bits per heavy atom. The molecule has 0 saturated heterocycles. The van der Waals surface area contributed by atoms with Crippen LogP contribution >= 0.6 is 0 Å². The maximum absolute atomic E-state index is 12.4. The molecule has 3 amide bonds. The lowest BCUT2D eigenvalue weighted by Crippen LogP contribution is -2.48. The molecule has 0 aromatic heterocycles. The summed E-state index contributed by atoms with van der Waals surface area (Å²) in [5.41, 5.74) is 5.41. The first-order valence-corrected chi connectivity index (χ1v) is 6.40. The Bertz CT molecular complexity index is 557. The number of carboxylic acids is 1. The maximum atomic E-state index is 12.4. The number of nitrogens with two attached hydrogens (primary N) is 1. The van der Waals surface area contributed by atoms with Crippen molar-refractivity contribution in [2.75, 3.05) is 18.5 Å². The van der Waals surface area contributed by atoms with Crippen LogP contribution in [-0.4, -0.2) is 47.5 Å². The van der Waals surface area contributed by atoms with Gasteiger partial charge in [-0.15, -0.1) is 0 Å². The predicted octanol–water partition coefficient (Wildman–Crippen LogP) is 1.14. The summed E-state index contributed by atoms with van der Waals surface area (Å²) < 4.78 is 0. The molecule has 1 rings (SSSR count). The zero-order valence-corrected chi connectivity index (χ0v) is 12.2. The fourth-order valence-corrected chi connectivity index (χ4v) is 1.88. The highest BCUT2D eigenvalue weighted by Gasteiger charge is 2.25. The number of anilines is 1. The van der Waals surface area contributed by atoms with E-state index in [0.29, 0.717) is 0 Å². The summed E-state index contributed by atoms with van der Waals surface area (Å²) in [6.07, 6.45) is 0. The molecule has 0 aliphatic rings. The molecule has 0 unspecified atom stereocenters. The monoisotopic (exact) mass is 293 g/mol. The Labute approximate surface area is 122 Å². The summed E-state index contributed by atoms with van der Waals surface area (Å²) in [7, 11) is 1.46. The quantitative estimate of drug-likeness (QED) is 0.849. The molecule has 0 radical (unpaired) electrons. The second-order valence-electron chi connectivity index (χ2n) is 4.85. The van der Waals surface area contributed by atoms with Crippen molar-refractivity contribution in [3.63, 3.8) is 0 Å². The van der Waals surface area contributed by atoms with Crippen LogP contribution in [0.2, 0.25) is 0 Å². The number of nitrogens with zero attached hydrogens (tertiary/aromatic N) is 2. The average molecular weight is 293 g/mol. The third kappa shape index (κ3) is 3.95. The predicted molar refractivity (Wildman–Crippen MR) is 78.2 cm³/mol. The van der Waals surface area contributed by atoms with E-state index in [4.69, 9.17) is 10.8 Å². The van der Waals surface area contributed by atoms with Gasteiger partial charge in [0.1, 0.15) is 6.54 Å². The normalized spacial score (nSPS) is 10.3.